The molecule has 0 aromatic rings. The van der Waals surface area contributed by atoms with E-state index in [2.05, 4.69) is 24.0 Å². The Bertz CT molecular complexity index is 622. The van der Waals surface area contributed by atoms with Crippen LogP contribution in [0.2, 0.25) is 0 Å². The molecule has 148 valence electrons. The molecule has 3 nitrogen and oxygen atoms in total. The van der Waals surface area contributed by atoms with E-state index in [1.165, 1.54) is 57.8 Å². The van der Waals surface area contributed by atoms with Crippen molar-refractivity contribution < 1.29 is 14.6 Å². The molecule has 3 atom stereocenters. The number of carbonyl (C=O) groups is 1. The monoisotopic (exact) mass is 370 g/mol. The smallest absolute Gasteiger partial charge is 0.304 e. The van der Waals surface area contributed by atoms with Crippen molar-refractivity contribution in [3.8, 4) is 11.8 Å². The maximum Gasteiger partial charge on any atom is 0.304 e. The van der Waals surface area contributed by atoms with E-state index >= 15 is 0 Å². The number of carboxylic acid groups (broad SMARTS) is 1. The van der Waals surface area contributed by atoms with Crippen molar-refractivity contribution >= 4 is 5.97 Å². The first-order valence-electron chi connectivity index (χ1n) is 10.8. The zero-order chi connectivity index (χ0) is 19.1. The summed E-state index contributed by atoms with van der Waals surface area (Å²) in [7, 11) is 0. The van der Waals surface area contributed by atoms with E-state index in [4.69, 9.17) is 9.84 Å². The number of hydrogen-bond acceptors (Lipinski definition) is 2. The molecule has 0 amide bonds. The second-order valence-electron chi connectivity index (χ2n) is 8.80. The fourth-order valence-corrected chi connectivity index (χ4v) is 5.40. The average molecular weight is 371 g/mol. The molecule has 2 saturated carbocycles. The summed E-state index contributed by atoms with van der Waals surface area (Å²) in [6, 6.07) is 0. The summed E-state index contributed by atoms with van der Waals surface area (Å²) in [6.45, 7) is 2.60. The fourth-order valence-electron chi connectivity index (χ4n) is 5.40. The second kappa shape index (κ2) is 9.49. The molecule has 0 aromatic carbocycles. The Labute approximate surface area is 164 Å². The van der Waals surface area contributed by atoms with Crippen molar-refractivity contribution in [2.75, 3.05) is 6.61 Å². The molecule has 27 heavy (non-hydrogen) atoms. The highest BCUT2D eigenvalue weighted by Gasteiger charge is 2.37. The van der Waals surface area contributed by atoms with Crippen LogP contribution in [0.5, 0.6) is 0 Å². The van der Waals surface area contributed by atoms with Crippen molar-refractivity contribution in [3.63, 3.8) is 0 Å². The molecule has 3 heteroatoms. The first kappa shape index (κ1) is 20.1. The topological polar surface area (TPSA) is 46.5 Å². The van der Waals surface area contributed by atoms with E-state index in [9.17, 15) is 4.79 Å². The van der Waals surface area contributed by atoms with E-state index < -0.39 is 5.97 Å². The number of allylic oxidation sites excluding steroid dienone is 3. The first-order chi connectivity index (χ1) is 13.1. The first-order valence-corrected chi connectivity index (χ1v) is 10.8. The Morgan fingerprint density at radius 1 is 1.30 bits per heavy atom. The minimum atomic E-state index is -0.781. The number of carboxylic acids is 1. The third-order valence-corrected chi connectivity index (χ3v) is 6.78. The molecule has 2 unspecified atom stereocenters. The predicted molar refractivity (Wildman–Crippen MR) is 108 cm³/mol. The van der Waals surface area contributed by atoms with Crippen molar-refractivity contribution in [1.29, 1.82) is 0 Å². The van der Waals surface area contributed by atoms with Crippen LogP contribution in [0.3, 0.4) is 0 Å². The van der Waals surface area contributed by atoms with Crippen LogP contribution in [0.15, 0.2) is 24.0 Å². The molecule has 1 N–H and O–H groups in total. The van der Waals surface area contributed by atoms with Gasteiger partial charge in [-0.25, -0.2) is 0 Å². The van der Waals surface area contributed by atoms with Crippen LogP contribution in [0, 0.1) is 35.0 Å². The molecule has 0 aromatic heterocycles. The molecule has 2 fully saturated rings. The van der Waals surface area contributed by atoms with Crippen LogP contribution in [0.4, 0.5) is 0 Å². The molecule has 0 bridgehead atoms. The molecule has 0 saturated heterocycles. The van der Waals surface area contributed by atoms with Crippen LogP contribution < -0.4 is 0 Å². The van der Waals surface area contributed by atoms with Crippen molar-refractivity contribution in [3.05, 3.63) is 24.0 Å². The van der Waals surface area contributed by atoms with E-state index in [1.807, 2.05) is 6.08 Å². The number of rotatable bonds is 6. The fraction of sp³-hybridized carbons (Fsp3) is 0.708. The highest BCUT2D eigenvalue weighted by molar-refractivity contribution is 5.67. The molecular weight excluding hydrogens is 336 g/mol. The lowest BCUT2D eigenvalue weighted by Crippen LogP contribution is -2.32. The Morgan fingerprint density at radius 3 is 2.74 bits per heavy atom. The molecule has 3 rings (SSSR count). The zero-order valence-electron chi connectivity index (χ0n) is 16.7. The van der Waals surface area contributed by atoms with Gasteiger partial charge in [-0.05, 0) is 74.9 Å². The minimum Gasteiger partial charge on any atom is -0.494 e. The SMILES string of the molecule is CC#C[C@@H](CC(=O)O)C1C=CC(OCC2CCCC3(CCCCC3)C2)=CC1. The van der Waals surface area contributed by atoms with Gasteiger partial charge in [-0.3, -0.25) is 4.79 Å². The molecular formula is C24H34O3. The van der Waals surface area contributed by atoms with Gasteiger partial charge in [0.05, 0.1) is 13.0 Å². The van der Waals surface area contributed by atoms with Crippen molar-refractivity contribution in [2.45, 2.75) is 77.6 Å². The van der Waals surface area contributed by atoms with Crippen LogP contribution >= 0.6 is 0 Å². The highest BCUT2D eigenvalue weighted by Crippen LogP contribution is 2.49. The van der Waals surface area contributed by atoms with E-state index in [1.54, 1.807) is 6.92 Å². The number of hydrogen-bond donors (Lipinski definition) is 1. The van der Waals surface area contributed by atoms with Crippen LogP contribution in [-0.4, -0.2) is 17.7 Å². The summed E-state index contributed by atoms with van der Waals surface area (Å²) >= 11 is 0. The lowest BCUT2D eigenvalue weighted by atomic mass is 9.63. The normalized spacial score (nSPS) is 28.0. The van der Waals surface area contributed by atoms with E-state index in [0.717, 1.165) is 18.8 Å². The third kappa shape index (κ3) is 5.64. The maximum atomic E-state index is 11.1. The van der Waals surface area contributed by atoms with Gasteiger partial charge in [0.15, 0.2) is 0 Å². The predicted octanol–water partition coefficient (Wildman–Crippen LogP) is 5.72. The number of aliphatic carboxylic acids is 1. The average Bonchev–Trinajstić information content (AvgIpc) is 2.67. The standard InChI is InChI=1S/C24H34O3/c1-2-7-21(16-23(25)26)20-9-11-22(12-10-20)27-18-19-8-6-15-24(17-19)13-4-3-5-14-24/h9,11-12,19-21H,3-6,8,10,13-18H2,1H3,(H,25,26)/t19?,20?,21-/m0/s1. The molecule has 0 radical (unpaired) electrons. The maximum absolute atomic E-state index is 11.1. The van der Waals surface area contributed by atoms with Gasteiger partial charge in [0.2, 0.25) is 0 Å². The lowest BCUT2D eigenvalue weighted by molar-refractivity contribution is -0.137. The van der Waals surface area contributed by atoms with Gasteiger partial charge < -0.3 is 9.84 Å². The van der Waals surface area contributed by atoms with Gasteiger partial charge in [0.1, 0.15) is 5.76 Å². The molecule has 0 aliphatic heterocycles. The van der Waals surface area contributed by atoms with Gasteiger partial charge in [0, 0.05) is 5.92 Å². The van der Waals surface area contributed by atoms with E-state index in [0.29, 0.717) is 11.3 Å². The molecule has 3 aliphatic rings. The summed E-state index contributed by atoms with van der Waals surface area (Å²) in [6.07, 6.45) is 19.7. The third-order valence-electron chi connectivity index (χ3n) is 6.78. The quantitative estimate of drug-likeness (QED) is 0.608. The molecule has 3 aliphatic carbocycles. The van der Waals surface area contributed by atoms with Crippen LogP contribution in [0.1, 0.15) is 77.6 Å². The van der Waals surface area contributed by atoms with Crippen LogP contribution in [0.25, 0.3) is 0 Å². The van der Waals surface area contributed by atoms with Gasteiger partial charge in [0.25, 0.3) is 0 Å². The van der Waals surface area contributed by atoms with Crippen LogP contribution in [-0.2, 0) is 9.53 Å². The van der Waals surface area contributed by atoms with Crippen molar-refractivity contribution in [2.24, 2.45) is 23.2 Å². The summed E-state index contributed by atoms with van der Waals surface area (Å²) in [4.78, 5) is 11.1. The van der Waals surface area contributed by atoms with Gasteiger partial charge >= 0.3 is 5.97 Å². The Morgan fingerprint density at radius 2 is 2.07 bits per heavy atom. The highest BCUT2D eigenvalue weighted by atomic mass is 16.5. The van der Waals surface area contributed by atoms with E-state index in [-0.39, 0.29) is 18.3 Å². The van der Waals surface area contributed by atoms with Crippen molar-refractivity contribution in [1.82, 2.24) is 0 Å². The number of ether oxygens (including phenoxy) is 1. The van der Waals surface area contributed by atoms with Gasteiger partial charge in [-0.2, -0.15) is 0 Å². The Hall–Kier alpha value is -1.69. The molecule has 1 spiro atoms. The summed E-state index contributed by atoms with van der Waals surface area (Å²) < 4.78 is 6.15. The second-order valence-corrected chi connectivity index (χ2v) is 8.80. The summed E-state index contributed by atoms with van der Waals surface area (Å²) in [5, 5.41) is 9.09. The Balaban J connectivity index is 1.48. The minimum absolute atomic E-state index is 0.101. The zero-order valence-corrected chi connectivity index (χ0v) is 16.7. The molecule has 0 heterocycles. The van der Waals surface area contributed by atoms with Gasteiger partial charge in [-0.15, -0.1) is 5.92 Å². The summed E-state index contributed by atoms with van der Waals surface area (Å²) in [5.74, 6) is 6.85. The largest absolute Gasteiger partial charge is 0.494 e. The lowest BCUT2D eigenvalue weighted by Gasteiger charge is -2.43. The summed E-state index contributed by atoms with van der Waals surface area (Å²) in [5.41, 5.74) is 0.620. The van der Waals surface area contributed by atoms with Gasteiger partial charge in [-0.1, -0.05) is 37.7 Å². The Kier molecular flexibility index (Phi) is 7.05.